The lowest BCUT2D eigenvalue weighted by atomic mass is 10.3. The van der Waals surface area contributed by atoms with Gasteiger partial charge in [-0.15, -0.1) is 11.3 Å². The van der Waals surface area contributed by atoms with Gasteiger partial charge >= 0.3 is 6.18 Å². The van der Waals surface area contributed by atoms with Crippen LogP contribution in [-0.2, 0) is 17.4 Å². The number of nitrogens with two attached hydrogens (primary N) is 1. The first kappa shape index (κ1) is 14.9. The summed E-state index contributed by atoms with van der Waals surface area (Å²) in [4.78, 5) is 14.7. The van der Waals surface area contributed by atoms with Crippen LogP contribution in [0.5, 0.6) is 0 Å². The first-order valence-electron chi connectivity index (χ1n) is 5.42. The molecule has 1 aromatic rings. The summed E-state index contributed by atoms with van der Waals surface area (Å²) in [6, 6.07) is 0. The Kier molecular flexibility index (Phi) is 5.54. The van der Waals surface area contributed by atoms with E-state index in [1.807, 2.05) is 0 Å². The van der Waals surface area contributed by atoms with Crippen molar-refractivity contribution in [1.29, 1.82) is 0 Å². The summed E-state index contributed by atoms with van der Waals surface area (Å²) in [5.74, 6) is -0.145. The fourth-order valence-electron chi connectivity index (χ4n) is 1.22. The second-order valence-corrected chi connectivity index (χ2v) is 4.56. The van der Waals surface area contributed by atoms with Gasteiger partial charge in [0, 0.05) is 24.8 Å². The number of carbonyl (C=O) groups is 1. The number of aromatic nitrogens is 1. The fraction of sp³-hybridized carbons (Fsp3) is 0.600. The molecule has 1 heterocycles. The van der Waals surface area contributed by atoms with Crippen LogP contribution >= 0.6 is 11.3 Å². The number of amides is 1. The highest BCUT2D eigenvalue weighted by atomic mass is 32.1. The summed E-state index contributed by atoms with van der Waals surface area (Å²) >= 11 is 0.944. The maximum absolute atomic E-state index is 12.3. The molecule has 0 saturated heterocycles. The molecule has 18 heavy (non-hydrogen) atoms. The molecule has 8 heteroatoms. The second kappa shape index (κ2) is 6.69. The van der Waals surface area contributed by atoms with E-state index in [0.717, 1.165) is 16.7 Å². The van der Waals surface area contributed by atoms with Gasteiger partial charge in [-0.3, -0.25) is 4.79 Å². The molecule has 0 aliphatic rings. The minimum absolute atomic E-state index is 0.145. The zero-order valence-corrected chi connectivity index (χ0v) is 10.4. The van der Waals surface area contributed by atoms with E-state index in [2.05, 4.69) is 10.3 Å². The van der Waals surface area contributed by atoms with Crippen LogP contribution in [0.15, 0.2) is 5.38 Å². The number of hydrogen-bond donors (Lipinski definition) is 2. The second-order valence-electron chi connectivity index (χ2n) is 3.62. The molecule has 0 fully saturated rings. The normalized spacial score (nSPS) is 11.6. The van der Waals surface area contributed by atoms with E-state index in [1.165, 1.54) is 0 Å². The summed E-state index contributed by atoms with van der Waals surface area (Å²) in [5.41, 5.74) is 4.37. The van der Waals surface area contributed by atoms with Crippen LogP contribution in [0.4, 0.5) is 13.2 Å². The van der Waals surface area contributed by atoms with Crippen molar-refractivity contribution < 1.29 is 18.0 Å². The Morgan fingerprint density at radius 3 is 2.78 bits per heavy atom. The molecule has 0 spiro atoms. The van der Waals surface area contributed by atoms with Crippen molar-refractivity contribution in [2.24, 2.45) is 5.73 Å². The number of thiazole rings is 1. The van der Waals surface area contributed by atoms with Gasteiger partial charge in [-0.25, -0.2) is 4.98 Å². The maximum atomic E-state index is 12.3. The van der Waals surface area contributed by atoms with Crippen LogP contribution in [0, 0.1) is 0 Å². The monoisotopic (exact) mass is 281 g/mol. The number of alkyl halides is 3. The molecular formula is C10H14F3N3OS. The molecule has 0 unspecified atom stereocenters. The molecule has 3 N–H and O–H groups in total. The van der Waals surface area contributed by atoms with Gasteiger partial charge in [0.15, 0.2) is 5.69 Å². The quantitative estimate of drug-likeness (QED) is 0.831. The van der Waals surface area contributed by atoms with E-state index >= 15 is 0 Å². The van der Waals surface area contributed by atoms with Gasteiger partial charge in [-0.05, 0) is 13.0 Å². The van der Waals surface area contributed by atoms with Crippen molar-refractivity contribution in [2.75, 3.05) is 13.1 Å². The lowest BCUT2D eigenvalue weighted by molar-refractivity contribution is -0.140. The van der Waals surface area contributed by atoms with Crippen LogP contribution < -0.4 is 11.1 Å². The third kappa shape index (κ3) is 5.01. The summed E-state index contributed by atoms with van der Waals surface area (Å²) in [7, 11) is 0. The van der Waals surface area contributed by atoms with Gasteiger partial charge in [0.1, 0.15) is 0 Å². The summed E-state index contributed by atoms with van der Waals surface area (Å²) < 4.78 is 36.8. The zero-order valence-electron chi connectivity index (χ0n) is 9.59. The minimum Gasteiger partial charge on any atom is -0.356 e. The van der Waals surface area contributed by atoms with Crippen LogP contribution in [0.1, 0.15) is 23.5 Å². The molecule has 1 amide bonds. The summed E-state index contributed by atoms with van der Waals surface area (Å²) in [5, 5.41) is 3.95. The molecule has 0 radical (unpaired) electrons. The zero-order chi connectivity index (χ0) is 13.6. The highest BCUT2D eigenvalue weighted by Gasteiger charge is 2.33. The lowest BCUT2D eigenvalue weighted by Gasteiger charge is -2.03. The first-order valence-corrected chi connectivity index (χ1v) is 6.30. The van der Waals surface area contributed by atoms with E-state index < -0.39 is 11.9 Å². The van der Waals surface area contributed by atoms with Crippen molar-refractivity contribution in [3.05, 3.63) is 16.1 Å². The number of carbonyl (C=O) groups excluding carboxylic acids is 1. The third-order valence-corrected chi connectivity index (χ3v) is 3.02. The van der Waals surface area contributed by atoms with Crippen LogP contribution in [0.2, 0.25) is 0 Å². The molecule has 0 aliphatic heterocycles. The predicted molar refractivity (Wildman–Crippen MR) is 62.1 cm³/mol. The molecule has 4 nitrogen and oxygen atoms in total. The van der Waals surface area contributed by atoms with Gasteiger partial charge in [-0.1, -0.05) is 0 Å². The smallest absolute Gasteiger partial charge is 0.356 e. The SMILES string of the molecule is NCCCC(=O)NCCc1nc(C(F)(F)F)cs1. The fourth-order valence-corrected chi connectivity index (χ4v) is 2.02. The Balaban J connectivity index is 2.32. The van der Waals surface area contributed by atoms with E-state index in [9.17, 15) is 18.0 Å². The molecule has 1 aromatic heterocycles. The summed E-state index contributed by atoms with van der Waals surface area (Å²) in [6.45, 7) is 0.725. The average Bonchev–Trinajstić information content (AvgIpc) is 2.74. The topological polar surface area (TPSA) is 68.0 Å². The van der Waals surface area contributed by atoms with Crippen molar-refractivity contribution in [2.45, 2.75) is 25.4 Å². The number of halogens is 3. The highest BCUT2D eigenvalue weighted by Crippen LogP contribution is 2.29. The molecule has 0 aliphatic carbocycles. The van der Waals surface area contributed by atoms with Crippen LogP contribution in [-0.4, -0.2) is 24.0 Å². The average molecular weight is 281 g/mol. The van der Waals surface area contributed by atoms with Gasteiger partial charge in [-0.2, -0.15) is 13.2 Å². The molecule has 102 valence electrons. The minimum atomic E-state index is -4.40. The van der Waals surface area contributed by atoms with Gasteiger partial charge < -0.3 is 11.1 Å². The van der Waals surface area contributed by atoms with Gasteiger partial charge in [0.2, 0.25) is 5.91 Å². The first-order chi connectivity index (χ1) is 8.43. The standard InChI is InChI=1S/C10H14F3N3OS/c11-10(12,13)7-6-18-9(16-7)3-5-15-8(17)2-1-4-14/h6H,1-5,14H2,(H,15,17). The maximum Gasteiger partial charge on any atom is 0.434 e. The Hall–Kier alpha value is -1.15. The van der Waals surface area contributed by atoms with Crippen molar-refractivity contribution >= 4 is 17.2 Å². The van der Waals surface area contributed by atoms with E-state index in [-0.39, 0.29) is 12.5 Å². The summed E-state index contributed by atoms with van der Waals surface area (Å²) in [6.07, 6.45) is -3.17. The van der Waals surface area contributed by atoms with Gasteiger partial charge in [0.25, 0.3) is 0 Å². The predicted octanol–water partition coefficient (Wildman–Crippen LogP) is 1.56. The largest absolute Gasteiger partial charge is 0.434 e. The number of nitrogens with one attached hydrogen (secondary N) is 1. The van der Waals surface area contributed by atoms with E-state index in [1.54, 1.807) is 0 Å². The molecule has 0 saturated carbocycles. The number of hydrogen-bond acceptors (Lipinski definition) is 4. The molecular weight excluding hydrogens is 267 g/mol. The van der Waals surface area contributed by atoms with Crippen molar-refractivity contribution in [1.82, 2.24) is 10.3 Å². The third-order valence-electron chi connectivity index (χ3n) is 2.11. The molecule has 0 bridgehead atoms. The Morgan fingerprint density at radius 2 is 2.22 bits per heavy atom. The Morgan fingerprint density at radius 1 is 1.50 bits per heavy atom. The van der Waals surface area contributed by atoms with Crippen molar-refractivity contribution in [3.63, 3.8) is 0 Å². The lowest BCUT2D eigenvalue weighted by Crippen LogP contribution is -2.26. The number of nitrogens with zero attached hydrogens (tertiary/aromatic N) is 1. The Labute approximate surface area is 106 Å². The van der Waals surface area contributed by atoms with Crippen molar-refractivity contribution in [3.8, 4) is 0 Å². The van der Waals surface area contributed by atoms with Crippen LogP contribution in [0.3, 0.4) is 0 Å². The Bertz CT molecular complexity index is 392. The van der Waals surface area contributed by atoms with Crippen LogP contribution in [0.25, 0.3) is 0 Å². The number of rotatable bonds is 6. The molecule has 1 rings (SSSR count). The molecule has 0 aromatic carbocycles. The van der Waals surface area contributed by atoms with Gasteiger partial charge in [0.05, 0.1) is 5.01 Å². The van der Waals surface area contributed by atoms with E-state index in [0.29, 0.717) is 30.8 Å². The molecule has 0 atom stereocenters. The highest BCUT2D eigenvalue weighted by molar-refractivity contribution is 7.09. The van der Waals surface area contributed by atoms with E-state index in [4.69, 9.17) is 5.73 Å².